The third-order valence-electron chi connectivity index (χ3n) is 3.42. The highest BCUT2D eigenvalue weighted by Gasteiger charge is 2.38. The van der Waals surface area contributed by atoms with Crippen LogP contribution >= 0.6 is 0 Å². The van der Waals surface area contributed by atoms with Gasteiger partial charge in [0.25, 0.3) is 0 Å². The lowest BCUT2D eigenvalue weighted by molar-refractivity contribution is -0.129. The SMILES string of the molecule is CC(C)C(C)C(=O)NC1(CO)CCC1. The van der Waals surface area contributed by atoms with Gasteiger partial charge in [-0.3, -0.25) is 4.79 Å². The average Bonchev–Trinajstić information content (AvgIpc) is 2.09. The van der Waals surface area contributed by atoms with Crippen molar-refractivity contribution in [2.24, 2.45) is 11.8 Å². The Morgan fingerprint density at radius 2 is 2.00 bits per heavy atom. The molecule has 0 bridgehead atoms. The van der Waals surface area contributed by atoms with Crippen molar-refractivity contribution < 1.29 is 9.90 Å². The lowest BCUT2D eigenvalue weighted by Gasteiger charge is -2.41. The molecule has 1 saturated carbocycles. The number of hydrogen-bond donors (Lipinski definition) is 2. The monoisotopic (exact) mass is 199 g/mol. The molecule has 0 aliphatic heterocycles. The molecule has 0 aromatic carbocycles. The van der Waals surface area contributed by atoms with E-state index >= 15 is 0 Å². The molecule has 1 unspecified atom stereocenters. The number of amides is 1. The second-order valence-electron chi connectivity index (χ2n) is 4.81. The summed E-state index contributed by atoms with van der Waals surface area (Å²) in [5.41, 5.74) is -0.291. The summed E-state index contributed by atoms with van der Waals surface area (Å²) in [7, 11) is 0. The Hall–Kier alpha value is -0.570. The minimum atomic E-state index is -0.291. The van der Waals surface area contributed by atoms with Crippen LogP contribution in [0, 0.1) is 11.8 Å². The molecule has 1 rings (SSSR count). The van der Waals surface area contributed by atoms with Crippen LogP contribution in [0.25, 0.3) is 0 Å². The van der Waals surface area contributed by atoms with Gasteiger partial charge in [-0.2, -0.15) is 0 Å². The molecule has 82 valence electrons. The topological polar surface area (TPSA) is 49.3 Å². The lowest BCUT2D eigenvalue weighted by atomic mass is 9.77. The summed E-state index contributed by atoms with van der Waals surface area (Å²) >= 11 is 0. The molecule has 0 saturated heterocycles. The van der Waals surface area contributed by atoms with Crippen LogP contribution in [0.1, 0.15) is 40.0 Å². The van der Waals surface area contributed by atoms with Gasteiger partial charge in [0.2, 0.25) is 5.91 Å². The van der Waals surface area contributed by atoms with Crippen molar-refractivity contribution >= 4 is 5.91 Å². The van der Waals surface area contributed by atoms with Crippen molar-refractivity contribution in [2.45, 2.75) is 45.6 Å². The van der Waals surface area contributed by atoms with E-state index in [-0.39, 0.29) is 24.0 Å². The van der Waals surface area contributed by atoms with Crippen molar-refractivity contribution in [2.75, 3.05) is 6.61 Å². The van der Waals surface area contributed by atoms with E-state index in [0.29, 0.717) is 5.92 Å². The van der Waals surface area contributed by atoms with E-state index in [2.05, 4.69) is 5.32 Å². The van der Waals surface area contributed by atoms with Crippen LogP contribution in [0.3, 0.4) is 0 Å². The summed E-state index contributed by atoms with van der Waals surface area (Å²) < 4.78 is 0. The first-order valence-electron chi connectivity index (χ1n) is 5.44. The van der Waals surface area contributed by atoms with Crippen LogP contribution in [0.4, 0.5) is 0 Å². The molecule has 1 aliphatic carbocycles. The Labute approximate surface area is 85.9 Å². The molecule has 0 heterocycles. The normalized spacial score (nSPS) is 21.5. The van der Waals surface area contributed by atoms with Crippen LogP contribution in [-0.4, -0.2) is 23.2 Å². The zero-order chi connectivity index (χ0) is 10.8. The smallest absolute Gasteiger partial charge is 0.223 e. The molecule has 3 heteroatoms. The molecule has 3 nitrogen and oxygen atoms in total. The fourth-order valence-corrected chi connectivity index (χ4v) is 1.60. The maximum absolute atomic E-state index is 11.7. The summed E-state index contributed by atoms with van der Waals surface area (Å²) in [4.78, 5) is 11.7. The lowest BCUT2D eigenvalue weighted by Crippen LogP contribution is -2.57. The third kappa shape index (κ3) is 2.27. The highest BCUT2D eigenvalue weighted by atomic mass is 16.3. The number of aliphatic hydroxyl groups excluding tert-OH is 1. The first-order chi connectivity index (χ1) is 6.51. The van der Waals surface area contributed by atoms with Gasteiger partial charge in [-0.15, -0.1) is 0 Å². The van der Waals surface area contributed by atoms with Gasteiger partial charge < -0.3 is 10.4 Å². The fourth-order valence-electron chi connectivity index (χ4n) is 1.60. The van der Waals surface area contributed by atoms with Crippen molar-refractivity contribution in [3.8, 4) is 0 Å². The molecule has 1 aliphatic rings. The number of rotatable bonds is 4. The summed E-state index contributed by atoms with van der Waals surface area (Å²) in [5.74, 6) is 0.457. The van der Waals surface area contributed by atoms with Gasteiger partial charge in [0.15, 0.2) is 0 Å². The summed E-state index contributed by atoms with van der Waals surface area (Å²) in [6.07, 6.45) is 2.94. The second-order valence-corrected chi connectivity index (χ2v) is 4.81. The molecule has 0 radical (unpaired) electrons. The molecule has 0 spiro atoms. The molecule has 0 aromatic heterocycles. The van der Waals surface area contributed by atoms with E-state index in [9.17, 15) is 9.90 Å². The Morgan fingerprint density at radius 3 is 2.29 bits per heavy atom. The zero-order valence-corrected chi connectivity index (χ0v) is 9.34. The molecule has 1 fully saturated rings. The summed E-state index contributed by atoms with van der Waals surface area (Å²) in [6, 6.07) is 0. The number of aliphatic hydroxyl groups is 1. The Morgan fingerprint density at radius 1 is 1.43 bits per heavy atom. The predicted molar refractivity (Wildman–Crippen MR) is 55.8 cm³/mol. The first kappa shape index (κ1) is 11.5. The van der Waals surface area contributed by atoms with E-state index in [1.165, 1.54) is 0 Å². The van der Waals surface area contributed by atoms with Gasteiger partial charge >= 0.3 is 0 Å². The van der Waals surface area contributed by atoms with Gasteiger partial charge in [0.05, 0.1) is 12.1 Å². The van der Waals surface area contributed by atoms with Crippen LogP contribution in [0.2, 0.25) is 0 Å². The number of hydrogen-bond acceptors (Lipinski definition) is 2. The quantitative estimate of drug-likeness (QED) is 0.717. The largest absolute Gasteiger partial charge is 0.394 e. The van der Waals surface area contributed by atoms with Gasteiger partial charge in [0, 0.05) is 5.92 Å². The summed E-state index contributed by atoms with van der Waals surface area (Å²) in [5, 5.41) is 12.2. The van der Waals surface area contributed by atoms with E-state index in [0.717, 1.165) is 19.3 Å². The summed E-state index contributed by atoms with van der Waals surface area (Å²) in [6.45, 7) is 6.08. The average molecular weight is 199 g/mol. The van der Waals surface area contributed by atoms with Crippen molar-refractivity contribution in [3.05, 3.63) is 0 Å². The highest BCUT2D eigenvalue weighted by Crippen LogP contribution is 2.31. The van der Waals surface area contributed by atoms with Crippen molar-refractivity contribution in [1.29, 1.82) is 0 Å². The van der Waals surface area contributed by atoms with Gasteiger partial charge in [-0.1, -0.05) is 20.8 Å². The molecular formula is C11H21NO2. The van der Waals surface area contributed by atoms with Crippen molar-refractivity contribution in [1.82, 2.24) is 5.32 Å². The Bertz CT molecular complexity index is 204. The first-order valence-corrected chi connectivity index (χ1v) is 5.44. The van der Waals surface area contributed by atoms with E-state index < -0.39 is 0 Å². The molecule has 14 heavy (non-hydrogen) atoms. The molecular weight excluding hydrogens is 178 g/mol. The highest BCUT2D eigenvalue weighted by molar-refractivity contribution is 5.79. The minimum Gasteiger partial charge on any atom is -0.394 e. The standard InChI is InChI=1S/C11H21NO2/c1-8(2)9(3)10(14)12-11(7-13)5-4-6-11/h8-9,13H,4-7H2,1-3H3,(H,12,14). The third-order valence-corrected chi connectivity index (χ3v) is 3.42. The van der Waals surface area contributed by atoms with Crippen LogP contribution in [0.15, 0.2) is 0 Å². The maximum Gasteiger partial charge on any atom is 0.223 e. The molecule has 1 atom stereocenters. The van der Waals surface area contributed by atoms with Gasteiger partial charge in [-0.25, -0.2) is 0 Å². The van der Waals surface area contributed by atoms with Crippen LogP contribution in [-0.2, 0) is 4.79 Å². The van der Waals surface area contributed by atoms with Gasteiger partial charge in [-0.05, 0) is 25.2 Å². The maximum atomic E-state index is 11.7. The van der Waals surface area contributed by atoms with E-state index in [1.807, 2.05) is 20.8 Å². The number of carbonyl (C=O) groups excluding carboxylic acids is 1. The minimum absolute atomic E-state index is 0.0269. The van der Waals surface area contributed by atoms with E-state index in [4.69, 9.17) is 0 Å². The number of carbonyl (C=O) groups is 1. The zero-order valence-electron chi connectivity index (χ0n) is 9.34. The molecule has 2 N–H and O–H groups in total. The molecule has 1 amide bonds. The van der Waals surface area contributed by atoms with Crippen LogP contribution < -0.4 is 5.32 Å². The predicted octanol–water partition coefficient (Wildman–Crippen LogP) is 1.31. The number of nitrogens with one attached hydrogen (secondary N) is 1. The van der Waals surface area contributed by atoms with Crippen LogP contribution in [0.5, 0.6) is 0 Å². The second kappa shape index (κ2) is 4.30. The molecule has 0 aromatic rings. The Kier molecular flexibility index (Phi) is 3.53. The van der Waals surface area contributed by atoms with E-state index in [1.54, 1.807) is 0 Å². The fraction of sp³-hybridized carbons (Fsp3) is 0.909. The van der Waals surface area contributed by atoms with Gasteiger partial charge in [0.1, 0.15) is 0 Å². The van der Waals surface area contributed by atoms with Crippen molar-refractivity contribution in [3.63, 3.8) is 0 Å². The Balaban J connectivity index is 2.47.